The van der Waals surface area contributed by atoms with E-state index in [0.29, 0.717) is 13.1 Å². The summed E-state index contributed by atoms with van der Waals surface area (Å²) in [7, 11) is 0. The van der Waals surface area contributed by atoms with E-state index in [0.717, 1.165) is 28.4 Å². The second-order valence-electron chi connectivity index (χ2n) is 6.98. The molecule has 0 unspecified atom stereocenters. The van der Waals surface area contributed by atoms with E-state index < -0.39 is 0 Å². The van der Waals surface area contributed by atoms with Gasteiger partial charge in [0.1, 0.15) is 5.57 Å². The fraction of sp³-hybridized carbons (Fsp3) is 0.261. The monoisotopic (exact) mass is 405 g/mol. The summed E-state index contributed by atoms with van der Waals surface area (Å²) in [5.41, 5.74) is 3.30. The highest BCUT2D eigenvalue weighted by molar-refractivity contribution is 7.80. The zero-order chi connectivity index (χ0) is 20.7. The van der Waals surface area contributed by atoms with Crippen molar-refractivity contribution in [1.82, 2.24) is 14.4 Å². The van der Waals surface area contributed by atoms with Crippen LogP contribution >= 0.6 is 12.2 Å². The van der Waals surface area contributed by atoms with Gasteiger partial charge in [0.05, 0.1) is 0 Å². The Bertz CT molecular complexity index is 1160. The predicted molar refractivity (Wildman–Crippen MR) is 120 cm³/mol. The molecule has 2 heterocycles. The zero-order valence-electron chi connectivity index (χ0n) is 16.8. The van der Waals surface area contributed by atoms with E-state index in [1.165, 1.54) is 15.3 Å². The van der Waals surface area contributed by atoms with Gasteiger partial charge in [0.2, 0.25) is 0 Å². The van der Waals surface area contributed by atoms with Crippen molar-refractivity contribution in [2.75, 3.05) is 13.1 Å². The number of carbonyl (C=O) groups excluding carboxylic acids is 2. The van der Waals surface area contributed by atoms with E-state index in [2.05, 4.69) is 35.8 Å². The molecular weight excluding hydrogens is 382 g/mol. The number of benzene rings is 2. The van der Waals surface area contributed by atoms with Crippen LogP contribution < -0.4 is 0 Å². The number of hydrogen-bond acceptors (Lipinski definition) is 3. The zero-order valence-corrected chi connectivity index (χ0v) is 17.6. The SMILES string of the molecule is CCN1C(=O)C(=Cc2ccc3c(c2)c2ccccc2n3CC)C(=O)N(CC)C1=S. The Hall–Kier alpha value is -2.99. The Morgan fingerprint density at radius 1 is 0.828 bits per heavy atom. The van der Waals surface area contributed by atoms with Gasteiger partial charge in [0.15, 0.2) is 5.11 Å². The number of hydrogen-bond donors (Lipinski definition) is 0. The average molecular weight is 406 g/mol. The first-order chi connectivity index (χ1) is 14.0. The summed E-state index contributed by atoms with van der Waals surface area (Å²) in [5.74, 6) is -0.661. The average Bonchev–Trinajstić information content (AvgIpc) is 3.05. The van der Waals surface area contributed by atoms with E-state index in [1.807, 2.05) is 32.0 Å². The van der Waals surface area contributed by atoms with Crippen LogP contribution in [0.5, 0.6) is 0 Å². The van der Waals surface area contributed by atoms with Gasteiger partial charge in [0, 0.05) is 41.4 Å². The molecule has 1 fully saturated rings. The standard InChI is InChI=1S/C23H23N3O2S/c1-4-24-19-10-8-7-9-16(19)17-13-15(11-12-20(17)24)14-18-21(27)25(5-2)23(29)26(6-3)22(18)28/h7-14H,4-6H2,1-3H3. The molecule has 1 aliphatic heterocycles. The second kappa shape index (κ2) is 7.44. The molecule has 0 radical (unpaired) electrons. The Labute approximate surface area is 175 Å². The van der Waals surface area contributed by atoms with Crippen molar-refractivity contribution >= 4 is 57.0 Å². The summed E-state index contributed by atoms with van der Waals surface area (Å²) >= 11 is 5.33. The number of aromatic nitrogens is 1. The van der Waals surface area contributed by atoms with Crippen LogP contribution in [0.1, 0.15) is 26.3 Å². The fourth-order valence-electron chi connectivity index (χ4n) is 4.05. The first-order valence-electron chi connectivity index (χ1n) is 9.92. The molecule has 29 heavy (non-hydrogen) atoms. The van der Waals surface area contributed by atoms with Crippen LogP contribution in [0.2, 0.25) is 0 Å². The molecule has 0 bridgehead atoms. The molecule has 1 aromatic heterocycles. The van der Waals surface area contributed by atoms with Crippen LogP contribution in [-0.2, 0) is 16.1 Å². The van der Waals surface area contributed by atoms with Gasteiger partial charge in [-0.1, -0.05) is 24.3 Å². The van der Waals surface area contributed by atoms with Crippen molar-refractivity contribution in [1.29, 1.82) is 0 Å². The molecule has 0 atom stereocenters. The Kier molecular flexibility index (Phi) is 4.96. The van der Waals surface area contributed by atoms with Crippen molar-refractivity contribution in [2.45, 2.75) is 27.3 Å². The van der Waals surface area contributed by atoms with Crippen molar-refractivity contribution in [3.63, 3.8) is 0 Å². The molecular formula is C23H23N3O2S. The summed E-state index contributed by atoms with van der Waals surface area (Å²) in [6, 6.07) is 14.4. The fourth-order valence-corrected chi connectivity index (χ4v) is 4.48. The molecule has 1 saturated heterocycles. The third-order valence-electron chi connectivity index (χ3n) is 5.47. The number of nitrogens with zero attached hydrogens (tertiary/aromatic N) is 3. The minimum absolute atomic E-state index is 0.154. The third-order valence-corrected chi connectivity index (χ3v) is 5.91. The first kappa shape index (κ1) is 19.3. The van der Waals surface area contributed by atoms with E-state index in [4.69, 9.17) is 12.2 Å². The predicted octanol–water partition coefficient (Wildman–Crippen LogP) is 4.19. The van der Waals surface area contributed by atoms with Gasteiger partial charge in [-0.15, -0.1) is 0 Å². The lowest BCUT2D eigenvalue weighted by atomic mass is 10.0. The molecule has 2 aromatic carbocycles. The normalized spacial score (nSPS) is 15.1. The molecule has 5 nitrogen and oxygen atoms in total. The molecule has 0 aliphatic carbocycles. The summed E-state index contributed by atoms with van der Waals surface area (Å²) in [6.45, 7) is 7.58. The second-order valence-corrected chi connectivity index (χ2v) is 7.34. The highest BCUT2D eigenvalue weighted by atomic mass is 32.1. The van der Waals surface area contributed by atoms with Crippen molar-refractivity contribution in [3.8, 4) is 0 Å². The van der Waals surface area contributed by atoms with Gasteiger partial charge in [-0.2, -0.15) is 0 Å². The van der Waals surface area contributed by atoms with Crippen molar-refractivity contribution in [2.24, 2.45) is 0 Å². The van der Waals surface area contributed by atoms with E-state index in [9.17, 15) is 9.59 Å². The Morgan fingerprint density at radius 3 is 2.07 bits per heavy atom. The van der Waals surface area contributed by atoms with Crippen molar-refractivity contribution in [3.05, 3.63) is 53.6 Å². The minimum Gasteiger partial charge on any atom is -0.341 e. The number of amides is 2. The lowest BCUT2D eigenvalue weighted by molar-refractivity contribution is -0.133. The number of para-hydroxylation sites is 1. The smallest absolute Gasteiger partial charge is 0.265 e. The first-order valence-corrected chi connectivity index (χ1v) is 10.3. The molecule has 148 valence electrons. The topological polar surface area (TPSA) is 45.6 Å². The largest absolute Gasteiger partial charge is 0.341 e. The molecule has 3 aromatic rings. The Morgan fingerprint density at radius 2 is 1.45 bits per heavy atom. The van der Waals surface area contributed by atoms with Crippen LogP contribution in [0.4, 0.5) is 0 Å². The van der Waals surface area contributed by atoms with Crippen LogP contribution in [0.25, 0.3) is 27.9 Å². The van der Waals surface area contributed by atoms with Crippen LogP contribution in [0, 0.1) is 0 Å². The molecule has 0 saturated carbocycles. The highest BCUT2D eigenvalue weighted by Crippen LogP contribution is 2.30. The van der Waals surface area contributed by atoms with Gasteiger partial charge in [0.25, 0.3) is 11.8 Å². The van der Waals surface area contributed by atoms with Crippen LogP contribution in [0.3, 0.4) is 0 Å². The summed E-state index contributed by atoms with van der Waals surface area (Å²) < 4.78 is 2.27. The number of likely N-dealkylation sites (N-methyl/N-ethyl adjacent to an activating group) is 2. The maximum atomic E-state index is 12.9. The Balaban J connectivity index is 1.87. The summed E-state index contributed by atoms with van der Waals surface area (Å²) in [6.07, 6.45) is 1.69. The molecule has 0 spiro atoms. The van der Waals surface area contributed by atoms with E-state index in [-0.39, 0.29) is 22.5 Å². The number of rotatable bonds is 4. The van der Waals surface area contributed by atoms with Gasteiger partial charge in [-0.25, -0.2) is 0 Å². The molecule has 0 N–H and O–H groups in total. The van der Waals surface area contributed by atoms with Crippen LogP contribution in [-0.4, -0.2) is 44.4 Å². The van der Waals surface area contributed by atoms with Gasteiger partial charge in [-0.05, 0) is 62.8 Å². The molecule has 2 amide bonds. The number of thiocarbonyl (C=S) groups is 1. The quantitative estimate of drug-likeness (QED) is 0.371. The molecule has 1 aliphatic rings. The lowest BCUT2D eigenvalue weighted by Crippen LogP contribution is -2.55. The van der Waals surface area contributed by atoms with Gasteiger partial charge >= 0.3 is 0 Å². The lowest BCUT2D eigenvalue weighted by Gasteiger charge is -2.35. The minimum atomic E-state index is -0.330. The van der Waals surface area contributed by atoms with Crippen molar-refractivity contribution < 1.29 is 9.59 Å². The summed E-state index contributed by atoms with van der Waals surface area (Å²) in [5, 5.41) is 2.56. The molecule has 6 heteroatoms. The molecule has 4 rings (SSSR count). The number of carbonyl (C=O) groups is 2. The third kappa shape index (κ3) is 2.95. The maximum Gasteiger partial charge on any atom is 0.265 e. The van der Waals surface area contributed by atoms with E-state index in [1.54, 1.807) is 6.08 Å². The van der Waals surface area contributed by atoms with E-state index >= 15 is 0 Å². The summed E-state index contributed by atoms with van der Waals surface area (Å²) in [4.78, 5) is 28.7. The maximum absolute atomic E-state index is 12.9. The van der Waals surface area contributed by atoms with Gasteiger partial charge < -0.3 is 4.57 Å². The highest BCUT2D eigenvalue weighted by Gasteiger charge is 2.37. The van der Waals surface area contributed by atoms with Gasteiger partial charge in [-0.3, -0.25) is 19.4 Å². The van der Waals surface area contributed by atoms with Crippen LogP contribution in [0.15, 0.2) is 48.0 Å². The number of fused-ring (bicyclic) bond motifs is 3. The number of aryl methyl sites for hydroxylation is 1.